The van der Waals surface area contributed by atoms with Crippen molar-refractivity contribution in [3.05, 3.63) is 45.7 Å². The second-order valence-corrected chi connectivity index (χ2v) is 7.34. The van der Waals surface area contributed by atoms with E-state index in [-0.39, 0.29) is 17.9 Å². The van der Waals surface area contributed by atoms with Crippen molar-refractivity contribution in [1.29, 1.82) is 0 Å². The van der Waals surface area contributed by atoms with Gasteiger partial charge in [-0.3, -0.25) is 10.1 Å². The zero-order valence-electron chi connectivity index (χ0n) is 17.7. The molecule has 0 unspecified atom stereocenters. The molecule has 1 aromatic carbocycles. The van der Waals surface area contributed by atoms with E-state index in [2.05, 4.69) is 6.92 Å². The van der Waals surface area contributed by atoms with Gasteiger partial charge in [0.05, 0.1) is 11.5 Å². The molecule has 0 spiro atoms. The lowest BCUT2D eigenvalue weighted by Crippen LogP contribution is -2.19. The lowest BCUT2D eigenvalue weighted by molar-refractivity contribution is -0.384. The van der Waals surface area contributed by atoms with Crippen molar-refractivity contribution in [3.8, 4) is 0 Å². The smallest absolute Gasteiger partial charge is 0.449 e. The van der Waals surface area contributed by atoms with Crippen molar-refractivity contribution >= 4 is 17.2 Å². The third-order valence-corrected chi connectivity index (χ3v) is 4.81. The molecule has 174 valence electrons. The van der Waals surface area contributed by atoms with Crippen molar-refractivity contribution in [2.75, 3.05) is 6.61 Å². The number of nitro groups is 1. The number of nitro benzene ring substituents is 1. The number of hydrogen-bond acceptors (Lipinski definition) is 5. The van der Waals surface area contributed by atoms with Crippen LogP contribution in [0.15, 0.2) is 30.0 Å². The summed E-state index contributed by atoms with van der Waals surface area (Å²) in [7, 11) is 0. The molecule has 1 rings (SSSR count). The summed E-state index contributed by atoms with van der Waals surface area (Å²) in [5, 5.41) is 20.3. The van der Waals surface area contributed by atoms with Crippen LogP contribution in [-0.2, 0) is 9.53 Å². The summed E-state index contributed by atoms with van der Waals surface area (Å²) in [6.07, 6.45) is 5.40. The minimum absolute atomic E-state index is 0.0725. The van der Waals surface area contributed by atoms with Gasteiger partial charge in [0.25, 0.3) is 5.69 Å². The number of esters is 1. The average molecular weight is 445 g/mol. The number of rotatable bonds is 14. The molecule has 0 heterocycles. The summed E-state index contributed by atoms with van der Waals surface area (Å²) >= 11 is 0. The van der Waals surface area contributed by atoms with E-state index in [1.165, 1.54) is 32.1 Å². The molecule has 0 fully saturated rings. The van der Waals surface area contributed by atoms with E-state index in [0.29, 0.717) is 6.42 Å². The molecule has 6 nitrogen and oxygen atoms in total. The van der Waals surface area contributed by atoms with Crippen LogP contribution in [0.25, 0.3) is 5.57 Å². The zero-order valence-corrected chi connectivity index (χ0v) is 17.7. The average Bonchev–Trinajstić information content (AvgIpc) is 2.71. The molecule has 0 saturated carbocycles. The first-order chi connectivity index (χ1) is 14.7. The van der Waals surface area contributed by atoms with Gasteiger partial charge in [-0.25, -0.2) is 4.79 Å². The first-order valence-corrected chi connectivity index (χ1v) is 10.6. The number of carbonyl (C=O) groups is 1. The normalized spacial score (nSPS) is 12.4. The van der Waals surface area contributed by atoms with E-state index in [4.69, 9.17) is 4.74 Å². The lowest BCUT2D eigenvalue weighted by atomic mass is 10.0. The molecule has 0 bridgehead atoms. The summed E-state index contributed by atoms with van der Waals surface area (Å²) in [6, 6.07) is 3.84. The highest BCUT2D eigenvalue weighted by molar-refractivity contribution is 6.17. The molecule has 0 aromatic heterocycles. The molecule has 0 aliphatic heterocycles. The maximum Gasteiger partial charge on any atom is 0.449 e. The SMILES string of the molecule is CCCCCCCCCCCCOC(=O)/C(=C(\O)C(F)(F)F)c1ccc([N+](=O)[O-])cc1. The van der Waals surface area contributed by atoms with E-state index >= 15 is 0 Å². The quantitative estimate of drug-likeness (QED) is 0.0841. The van der Waals surface area contributed by atoms with Crippen LogP contribution in [0.1, 0.15) is 76.7 Å². The van der Waals surface area contributed by atoms with E-state index in [0.717, 1.165) is 49.9 Å². The molecule has 1 N–H and O–H groups in total. The van der Waals surface area contributed by atoms with Gasteiger partial charge in [0.1, 0.15) is 5.57 Å². The van der Waals surface area contributed by atoms with Gasteiger partial charge >= 0.3 is 12.1 Å². The highest BCUT2D eigenvalue weighted by Crippen LogP contribution is 2.32. The number of carbonyl (C=O) groups excluding carboxylic acids is 1. The Kier molecular flexibility index (Phi) is 11.7. The number of halogens is 3. The highest BCUT2D eigenvalue weighted by atomic mass is 19.4. The van der Waals surface area contributed by atoms with Gasteiger partial charge in [-0.05, 0) is 24.1 Å². The van der Waals surface area contributed by atoms with E-state index in [1.54, 1.807) is 0 Å². The van der Waals surface area contributed by atoms with Crippen LogP contribution in [0.3, 0.4) is 0 Å². The Hall–Kier alpha value is -2.58. The molecule has 0 aliphatic carbocycles. The van der Waals surface area contributed by atoms with Gasteiger partial charge in [-0.1, -0.05) is 64.7 Å². The lowest BCUT2D eigenvalue weighted by Gasteiger charge is -2.13. The number of aliphatic hydroxyl groups is 1. The minimum Gasteiger partial charge on any atom is -0.504 e. The predicted molar refractivity (Wildman–Crippen MR) is 112 cm³/mol. The summed E-state index contributed by atoms with van der Waals surface area (Å²) in [5.41, 5.74) is -1.73. The molecule has 0 radical (unpaired) electrons. The third kappa shape index (κ3) is 9.85. The van der Waals surface area contributed by atoms with Gasteiger partial charge in [-0.15, -0.1) is 0 Å². The Morgan fingerprint density at radius 1 is 0.968 bits per heavy atom. The number of aliphatic hydroxyl groups excluding tert-OH is 1. The zero-order chi connectivity index (χ0) is 23.3. The van der Waals surface area contributed by atoms with Crippen molar-refractivity contribution in [2.24, 2.45) is 0 Å². The summed E-state index contributed by atoms with van der Waals surface area (Å²) in [5.74, 6) is -3.41. The first kappa shape index (κ1) is 26.5. The fraction of sp³-hybridized carbons (Fsp3) is 0.591. The topological polar surface area (TPSA) is 89.7 Å². The van der Waals surface area contributed by atoms with E-state index in [9.17, 15) is 33.2 Å². The maximum absolute atomic E-state index is 13.0. The fourth-order valence-corrected chi connectivity index (χ4v) is 3.07. The molecule has 9 heteroatoms. The Morgan fingerprint density at radius 3 is 1.90 bits per heavy atom. The van der Waals surface area contributed by atoms with Gasteiger partial charge in [-0.2, -0.15) is 13.2 Å². The predicted octanol–water partition coefficient (Wildman–Crippen LogP) is 6.89. The van der Waals surface area contributed by atoms with Crippen molar-refractivity contribution in [3.63, 3.8) is 0 Å². The number of nitrogens with zero attached hydrogens (tertiary/aromatic N) is 1. The Morgan fingerprint density at radius 2 is 1.45 bits per heavy atom. The molecule has 1 aromatic rings. The van der Waals surface area contributed by atoms with Gasteiger partial charge in [0.15, 0.2) is 0 Å². The maximum atomic E-state index is 13.0. The fourth-order valence-electron chi connectivity index (χ4n) is 3.07. The summed E-state index contributed by atoms with van der Waals surface area (Å²) < 4.78 is 43.9. The van der Waals surface area contributed by atoms with Crippen molar-refractivity contribution in [1.82, 2.24) is 0 Å². The number of ether oxygens (including phenoxy) is 1. The van der Waals surface area contributed by atoms with Crippen LogP contribution >= 0.6 is 0 Å². The number of unbranched alkanes of at least 4 members (excludes halogenated alkanes) is 9. The Balaban J connectivity index is 2.56. The molecule has 31 heavy (non-hydrogen) atoms. The number of benzene rings is 1. The summed E-state index contributed by atoms with van der Waals surface area (Å²) in [6.45, 7) is 2.10. The van der Waals surface area contributed by atoms with Gasteiger partial charge in [0, 0.05) is 12.1 Å². The molecule has 0 aliphatic rings. The number of non-ortho nitro benzene ring substituents is 1. The Labute approximate surface area is 180 Å². The van der Waals surface area contributed by atoms with E-state index < -0.39 is 28.4 Å². The van der Waals surface area contributed by atoms with Gasteiger partial charge < -0.3 is 9.84 Å². The van der Waals surface area contributed by atoms with Gasteiger partial charge in [0.2, 0.25) is 5.76 Å². The molecular formula is C22H30F3NO5. The monoisotopic (exact) mass is 445 g/mol. The van der Waals surface area contributed by atoms with Crippen LogP contribution in [0.4, 0.5) is 18.9 Å². The van der Waals surface area contributed by atoms with Crippen LogP contribution < -0.4 is 0 Å². The van der Waals surface area contributed by atoms with Crippen molar-refractivity contribution < 1.29 is 32.7 Å². The minimum atomic E-state index is -5.16. The standard InChI is InChI=1S/C22H30F3NO5/c1-2-3-4-5-6-7-8-9-10-11-16-31-21(28)19(20(27)22(23,24)25)17-12-14-18(15-13-17)26(29)30/h12-15,27H,2-11,16H2,1H3/b20-19-. The van der Waals surface area contributed by atoms with E-state index in [1.807, 2.05) is 0 Å². The Bertz CT molecular complexity index is 730. The second-order valence-electron chi connectivity index (χ2n) is 7.34. The molecule has 0 amide bonds. The van der Waals surface area contributed by atoms with Crippen LogP contribution in [-0.4, -0.2) is 28.8 Å². The molecule has 0 saturated heterocycles. The third-order valence-electron chi connectivity index (χ3n) is 4.81. The van der Waals surface area contributed by atoms with Crippen LogP contribution in [0.5, 0.6) is 0 Å². The molecule has 0 atom stereocenters. The number of alkyl halides is 3. The second kappa shape index (κ2) is 13.7. The molecular weight excluding hydrogens is 415 g/mol. The number of allylic oxidation sites excluding steroid dienone is 1. The van der Waals surface area contributed by atoms with Crippen LogP contribution in [0.2, 0.25) is 0 Å². The largest absolute Gasteiger partial charge is 0.504 e. The summed E-state index contributed by atoms with van der Waals surface area (Å²) in [4.78, 5) is 22.2. The van der Waals surface area contributed by atoms with Crippen LogP contribution in [0, 0.1) is 10.1 Å². The number of hydrogen-bond donors (Lipinski definition) is 1. The van der Waals surface area contributed by atoms with Crippen molar-refractivity contribution in [2.45, 2.75) is 77.3 Å². The first-order valence-electron chi connectivity index (χ1n) is 10.6. The highest BCUT2D eigenvalue weighted by Gasteiger charge is 2.39.